The first-order valence-corrected chi connectivity index (χ1v) is 9.00. The molecule has 1 aliphatic heterocycles. The van der Waals surface area contributed by atoms with Crippen molar-refractivity contribution in [2.45, 2.75) is 13.8 Å². The van der Waals surface area contributed by atoms with Crippen molar-refractivity contribution in [3.63, 3.8) is 0 Å². The van der Waals surface area contributed by atoms with E-state index in [9.17, 15) is 9.59 Å². The van der Waals surface area contributed by atoms with Crippen LogP contribution in [0.4, 0.5) is 5.69 Å². The van der Waals surface area contributed by atoms with Crippen molar-refractivity contribution in [1.29, 1.82) is 0 Å². The van der Waals surface area contributed by atoms with Gasteiger partial charge in [0, 0.05) is 13.1 Å². The molecule has 0 spiro atoms. The number of amides is 2. The SMILES string of the molecule is Cc1ccc(OCC(=O)Nc2ccccc2C(=O)N2CCOCC2)c(C)c1. The molecule has 1 saturated heterocycles. The van der Waals surface area contributed by atoms with E-state index < -0.39 is 0 Å². The Labute approximate surface area is 159 Å². The van der Waals surface area contributed by atoms with Crippen LogP contribution in [0.2, 0.25) is 0 Å². The Morgan fingerprint density at radius 3 is 2.59 bits per heavy atom. The number of hydrogen-bond donors (Lipinski definition) is 1. The number of benzene rings is 2. The summed E-state index contributed by atoms with van der Waals surface area (Å²) in [4.78, 5) is 26.8. The Kier molecular flexibility index (Phi) is 6.08. The molecular formula is C21H24N2O4. The van der Waals surface area contributed by atoms with Crippen molar-refractivity contribution in [1.82, 2.24) is 4.90 Å². The van der Waals surface area contributed by atoms with Gasteiger partial charge in [0.05, 0.1) is 24.5 Å². The van der Waals surface area contributed by atoms with Crippen molar-refractivity contribution in [2.24, 2.45) is 0 Å². The molecule has 1 aliphatic rings. The predicted molar refractivity (Wildman–Crippen MR) is 103 cm³/mol. The number of nitrogens with zero attached hydrogens (tertiary/aromatic N) is 1. The maximum absolute atomic E-state index is 12.7. The number of para-hydroxylation sites is 1. The average molecular weight is 368 g/mol. The van der Waals surface area contributed by atoms with Gasteiger partial charge < -0.3 is 19.7 Å². The summed E-state index contributed by atoms with van der Waals surface area (Å²) in [6.45, 7) is 5.99. The zero-order chi connectivity index (χ0) is 19.2. The van der Waals surface area contributed by atoms with Crippen LogP contribution in [0.15, 0.2) is 42.5 Å². The molecule has 2 aromatic rings. The van der Waals surface area contributed by atoms with Crippen molar-refractivity contribution < 1.29 is 19.1 Å². The maximum Gasteiger partial charge on any atom is 0.262 e. The second-order valence-corrected chi connectivity index (χ2v) is 6.56. The Bertz CT molecular complexity index is 829. The fraction of sp³-hybridized carbons (Fsp3) is 0.333. The Hall–Kier alpha value is -2.86. The molecule has 0 radical (unpaired) electrons. The first kappa shape index (κ1) is 18.9. The number of nitrogens with one attached hydrogen (secondary N) is 1. The summed E-state index contributed by atoms with van der Waals surface area (Å²) in [5.74, 6) is 0.259. The van der Waals surface area contributed by atoms with E-state index in [1.54, 1.807) is 29.2 Å². The predicted octanol–water partition coefficient (Wildman–Crippen LogP) is 2.79. The summed E-state index contributed by atoms with van der Waals surface area (Å²) in [6.07, 6.45) is 0. The molecule has 0 atom stereocenters. The van der Waals surface area contributed by atoms with Gasteiger partial charge in [0.15, 0.2) is 6.61 Å². The number of carbonyl (C=O) groups is 2. The lowest BCUT2D eigenvalue weighted by molar-refractivity contribution is -0.118. The Morgan fingerprint density at radius 1 is 1.11 bits per heavy atom. The average Bonchev–Trinajstić information content (AvgIpc) is 2.68. The first-order chi connectivity index (χ1) is 13.0. The van der Waals surface area contributed by atoms with Crippen LogP contribution in [-0.2, 0) is 9.53 Å². The van der Waals surface area contributed by atoms with Crippen LogP contribution >= 0.6 is 0 Å². The third-order valence-electron chi connectivity index (χ3n) is 4.42. The number of anilines is 1. The van der Waals surface area contributed by atoms with Crippen molar-refractivity contribution in [3.05, 3.63) is 59.2 Å². The molecule has 1 fully saturated rings. The highest BCUT2D eigenvalue weighted by atomic mass is 16.5. The smallest absolute Gasteiger partial charge is 0.262 e. The summed E-state index contributed by atoms with van der Waals surface area (Å²) < 4.78 is 10.9. The van der Waals surface area contributed by atoms with Crippen molar-refractivity contribution in [2.75, 3.05) is 38.2 Å². The highest BCUT2D eigenvalue weighted by molar-refractivity contribution is 6.04. The van der Waals surface area contributed by atoms with Crippen molar-refractivity contribution >= 4 is 17.5 Å². The van der Waals surface area contributed by atoms with E-state index in [1.165, 1.54) is 0 Å². The zero-order valence-corrected chi connectivity index (χ0v) is 15.7. The molecule has 3 rings (SSSR count). The molecule has 1 N–H and O–H groups in total. The molecule has 2 aromatic carbocycles. The minimum atomic E-state index is -0.308. The third kappa shape index (κ3) is 4.86. The summed E-state index contributed by atoms with van der Waals surface area (Å²) in [5.41, 5.74) is 3.08. The minimum Gasteiger partial charge on any atom is -0.483 e. The van der Waals surface area contributed by atoms with Gasteiger partial charge in [-0.2, -0.15) is 0 Å². The van der Waals surface area contributed by atoms with Crippen molar-refractivity contribution in [3.8, 4) is 5.75 Å². The second kappa shape index (κ2) is 8.68. The first-order valence-electron chi connectivity index (χ1n) is 9.00. The monoisotopic (exact) mass is 368 g/mol. The van der Waals surface area contributed by atoms with Gasteiger partial charge >= 0.3 is 0 Å². The van der Waals surface area contributed by atoms with Gasteiger partial charge in [0.2, 0.25) is 0 Å². The topological polar surface area (TPSA) is 67.9 Å². The van der Waals surface area contributed by atoms with Crippen LogP contribution < -0.4 is 10.1 Å². The Morgan fingerprint density at radius 2 is 1.85 bits per heavy atom. The van der Waals surface area contributed by atoms with E-state index in [-0.39, 0.29) is 18.4 Å². The van der Waals surface area contributed by atoms with E-state index in [4.69, 9.17) is 9.47 Å². The number of hydrogen-bond acceptors (Lipinski definition) is 4. The summed E-state index contributed by atoms with van der Waals surface area (Å²) in [5, 5.41) is 2.79. The van der Waals surface area contributed by atoms with Gasteiger partial charge in [0.1, 0.15) is 5.75 Å². The largest absolute Gasteiger partial charge is 0.483 e. The molecule has 6 heteroatoms. The molecule has 142 valence electrons. The van der Waals surface area contributed by atoms with Crippen LogP contribution in [0.25, 0.3) is 0 Å². The molecule has 0 unspecified atom stereocenters. The number of aryl methyl sites for hydroxylation is 2. The molecule has 1 heterocycles. The van der Waals surface area contributed by atoms with Gasteiger partial charge in [0.25, 0.3) is 11.8 Å². The van der Waals surface area contributed by atoms with E-state index in [0.29, 0.717) is 43.3 Å². The van der Waals surface area contributed by atoms with Crippen LogP contribution in [-0.4, -0.2) is 49.6 Å². The summed E-state index contributed by atoms with van der Waals surface area (Å²) in [7, 11) is 0. The van der Waals surface area contributed by atoms with E-state index >= 15 is 0 Å². The molecule has 0 saturated carbocycles. The molecule has 27 heavy (non-hydrogen) atoms. The normalized spacial score (nSPS) is 13.9. The lowest BCUT2D eigenvalue weighted by Crippen LogP contribution is -2.41. The number of ether oxygens (including phenoxy) is 2. The molecule has 0 aromatic heterocycles. The molecule has 0 aliphatic carbocycles. The molecule has 6 nitrogen and oxygen atoms in total. The number of morpholine rings is 1. The third-order valence-corrected chi connectivity index (χ3v) is 4.42. The molecular weight excluding hydrogens is 344 g/mol. The number of carbonyl (C=O) groups excluding carboxylic acids is 2. The fourth-order valence-corrected chi connectivity index (χ4v) is 3.01. The number of rotatable bonds is 5. The van der Waals surface area contributed by atoms with Crippen LogP contribution in [0.1, 0.15) is 21.5 Å². The van der Waals surface area contributed by atoms with Gasteiger partial charge in [-0.3, -0.25) is 9.59 Å². The summed E-state index contributed by atoms with van der Waals surface area (Å²) >= 11 is 0. The Balaban J connectivity index is 1.64. The van der Waals surface area contributed by atoms with E-state index in [2.05, 4.69) is 5.32 Å². The standard InChI is InChI=1S/C21H24N2O4/c1-15-7-8-19(16(2)13-15)27-14-20(24)22-18-6-4-3-5-17(18)21(25)23-9-11-26-12-10-23/h3-8,13H,9-12,14H2,1-2H3,(H,22,24). The van der Waals surface area contributed by atoms with E-state index in [0.717, 1.165) is 11.1 Å². The second-order valence-electron chi connectivity index (χ2n) is 6.56. The maximum atomic E-state index is 12.7. The van der Waals surface area contributed by atoms with Crippen LogP contribution in [0, 0.1) is 13.8 Å². The van der Waals surface area contributed by atoms with Crippen LogP contribution in [0.3, 0.4) is 0 Å². The minimum absolute atomic E-state index is 0.107. The van der Waals surface area contributed by atoms with Crippen LogP contribution in [0.5, 0.6) is 5.75 Å². The molecule has 2 amide bonds. The van der Waals surface area contributed by atoms with E-state index in [1.807, 2.05) is 32.0 Å². The van der Waals surface area contributed by atoms with Gasteiger partial charge in [-0.05, 0) is 37.6 Å². The van der Waals surface area contributed by atoms with Gasteiger partial charge in [-0.25, -0.2) is 0 Å². The quantitative estimate of drug-likeness (QED) is 0.881. The fourth-order valence-electron chi connectivity index (χ4n) is 3.01. The van der Waals surface area contributed by atoms with Gasteiger partial charge in [-0.1, -0.05) is 29.8 Å². The lowest BCUT2D eigenvalue weighted by atomic mass is 10.1. The highest BCUT2D eigenvalue weighted by Crippen LogP contribution is 2.20. The zero-order valence-electron chi connectivity index (χ0n) is 15.7. The van der Waals surface area contributed by atoms with Gasteiger partial charge in [-0.15, -0.1) is 0 Å². The lowest BCUT2D eigenvalue weighted by Gasteiger charge is -2.27. The highest BCUT2D eigenvalue weighted by Gasteiger charge is 2.21. The molecule has 0 bridgehead atoms. The summed E-state index contributed by atoms with van der Waals surface area (Å²) in [6, 6.07) is 12.8.